The second-order valence-electron chi connectivity index (χ2n) is 11.6. The molecule has 12 nitrogen and oxygen atoms in total. The minimum absolute atomic E-state index is 0.0163. The van der Waals surface area contributed by atoms with Crippen molar-refractivity contribution in [3.05, 3.63) is 29.1 Å². The van der Waals surface area contributed by atoms with Crippen LogP contribution in [0.1, 0.15) is 60.3 Å². The number of methoxy groups -OCH3 is 3. The van der Waals surface area contributed by atoms with Crippen LogP contribution in [0.15, 0.2) is 12.1 Å². The number of ether oxygens (including phenoxy) is 3. The molecule has 4 bridgehead atoms. The van der Waals surface area contributed by atoms with E-state index in [1.54, 1.807) is 21.3 Å². The Hall–Kier alpha value is -3.83. The molecule has 12 heteroatoms. The molecule has 0 unspecified atom stereocenters. The molecule has 2 fully saturated rings. The third-order valence-electron chi connectivity index (χ3n) is 8.77. The smallest absolute Gasteiger partial charge is 0.314 e. The number of aromatic nitrogens is 3. The highest BCUT2D eigenvalue weighted by molar-refractivity contribution is 5.90. The first kappa shape index (κ1) is 29.7. The van der Waals surface area contributed by atoms with Gasteiger partial charge in [-0.25, -0.2) is 4.68 Å². The highest BCUT2D eigenvalue weighted by Crippen LogP contribution is 2.37. The van der Waals surface area contributed by atoms with E-state index >= 15 is 0 Å². The Kier molecular flexibility index (Phi) is 9.18. The Bertz CT molecular complexity index is 1310. The van der Waals surface area contributed by atoms with Crippen LogP contribution in [0.3, 0.4) is 0 Å². The van der Waals surface area contributed by atoms with Gasteiger partial charge in [-0.15, -0.1) is 5.10 Å². The summed E-state index contributed by atoms with van der Waals surface area (Å²) in [4.78, 5) is 47.9. The summed E-state index contributed by atoms with van der Waals surface area (Å²) in [5, 5.41) is 7.29. The van der Waals surface area contributed by atoms with Crippen LogP contribution in [-0.2, 0) is 29.5 Å². The van der Waals surface area contributed by atoms with E-state index in [2.05, 4.69) is 21.5 Å². The van der Waals surface area contributed by atoms with E-state index in [0.29, 0.717) is 63.4 Å². The molecule has 0 aliphatic carbocycles. The molecule has 4 heterocycles. The van der Waals surface area contributed by atoms with E-state index in [-0.39, 0.29) is 47.4 Å². The number of hydrogen-bond acceptors (Lipinski definition) is 8. The van der Waals surface area contributed by atoms with Gasteiger partial charge in [0, 0.05) is 52.1 Å². The molecule has 0 saturated carbocycles. The second kappa shape index (κ2) is 13.0. The van der Waals surface area contributed by atoms with E-state index in [1.807, 2.05) is 15.9 Å². The van der Waals surface area contributed by atoms with Gasteiger partial charge in [0.15, 0.2) is 11.5 Å². The lowest BCUT2D eigenvalue weighted by atomic mass is 9.77. The molecule has 3 amide bonds. The van der Waals surface area contributed by atoms with Gasteiger partial charge in [0.2, 0.25) is 17.6 Å². The van der Waals surface area contributed by atoms with Crippen LogP contribution in [-0.4, -0.2) is 95.8 Å². The lowest BCUT2D eigenvalue weighted by molar-refractivity contribution is -0.140. The number of piperidine rings is 2. The van der Waals surface area contributed by atoms with Crippen LogP contribution in [0.2, 0.25) is 0 Å². The minimum Gasteiger partial charge on any atom is -0.493 e. The van der Waals surface area contributed by atoms with Gasteiger partial charge >= 0.3 is 6.01 Å². The zero-order valence-corrected chi connectivity index (χ0v) is 25.1. The largest absolute Gasteiger partial charge is 0.493 e. The van der Waals surface area contributed by atoms with Gasteiger partial charge in [0.25, 0.3) is 5.91 Å². The molecule has 3 atom stereocenters. The SMILES string of the molecule is COc1cc2cc(c1OC)CCCNC(=O)CCC[C@H]1[C@H]3C[C@@H](CN(C(=O)c4nc(OC)n(C)n4)C3)CN1C(=O)CC2. The highest BCUT2D eigenvalue weighted by atomic mass is 16.5. The first-order valence-electron chi connectivity index (χ1n) is 14.9. The van der Waals surface area contributed by atoms with Crippen LogP contribution in [0.25, 0.3) is 0 Å². The standard InChI is InChI=1S/C30H42N6O6/c1-34-30(42-4)32-28(33-34)29(39)35-16-20-14-22(18-35)23-8-5-9-25(37)31-12-6-7-21-13-19(10-11-26(38)36(23)17-20)15-24(40-2)27(21)41-3/h13,15,20,22-23H,5-12,14,16-18H2,1-4H3,(H,31,37)/t20-,22-,23-/m0/s1. The molecule has 1 aromatic heterocycles. The summed E-state index contributed by atoms with van der Waals surface area (Å²) in [6.07, 6.45) is 5.23. The normalized spacial score (nSPS) is 23.6. The number of fused-ring (bicyclic) bond motifs is 6. The number of nitrogens with one attached hydrogen (secondary N) is 1. The van der Waals surface area contributed by atoms with E-state index in [9.17, 15) is 14.4 Å². The molecule has 3 aliphatic heterocycles. The number of benzene rings is 1. The zero-order chi connectivity index (χ0) is 29.8. The van der Waals surface area contributed by atoms with Crippen molar-refractivity contribution in [2.75, 3.05) is 47.5 Å². The topological polar surface area (TPSA) is 128 Å². The number of carbonyl (C=O) groups is 3. The molecular weight excluding hydrogens is 540 g/mol. The summed E-state index contributed by atoms with van der Waals surface area (Å²) < 4.78 is 17.9. The maximum Gasteiger partial charge on any atom is 0.314 e. The van der Waals surface area contributed by atoms with Crippen LogP contribution in [0.5, 0.6) is 17.5 Å². The Labute approximate surface area is 246 Å². The molecule has 2 saturated heterocycles. The monoisotopic (exact) mass is 582 g/mol. The second-order valence-corrected chi connectivity index (χ2v) is 11.6. The predicted octanol–water partition coefficient (Wildman–Crippen LogP) is 2.00. The quantitative estimate of drug-likeness (QED) is 0.580. The maximum absolute atomic E-state index is 13.8. The summed E-state index contributed by atoms with van der Waals surface area (Å²) in [7, 11) is 6.43. The Morgan fingerprint density at radius 2 is 1.81 bits per heavy atom. The molecule has 0 radical (unpaired) electrons. The van der Waals surface area contributed by atoms with E-state index in [0.717, 1.165) is 36.8 Å². The number of aryl methyl sites for hydroxylation is 3. The number of rotatable bonds is 4. The van der Waals surface area contributed by atoms with Gasteiger partial charge in [0.05, 0.1) is 21.3 Å². The molecular formula is C30H42N6O6. The molecule has 42 heavy (non-hydrogen) atoms. The lowest BCUT2D eigenvalue weighted by Crippen LogP contribution is -2.60. The fraction of sp³-hybridized carbons (Fsp3) is 0.633. The summed E-state index contributed by atoms with van der Waals surface area (Å²) >= 11 is 0. The minimum atomic E-state index is -0.222. The third-order valence-corrected chi connectivity index (χ3v) is 8.77. The van der Waals surface area contributed by atoms with Crippen molar-refractivity contribution in [1.29, 1.82) is 0 Å². The number of likely N-dealkylation sites (tertiary alicyclic amines) is 1. The van der Waals surface area contributed by atoms with E-state index in [4.69, 9.17) is 14.2 Å². The Morgan fingerprint density at radius 3 is 2.55 bits per heavy atom. The molecule has 228 valence electrons. The van der Waals surface area contributed by atoms with Crippen LogP contribution < -0.4 is 19.5 Å². The first-order valence-corrected chi connectivity index (χ1v) is 14.9. The molecule has 5 rings (SSSR count). The van der Waals surface area contributed by atoms with Crippen molar-refractivity contribution < 1.29 is 28.6 Å². The highest BCUT2D eigenvalue weighted by Gasteiger charge is 2.44. The summed E-state index contributed by atoms with van der Waals surface area (Å²) in [5.41, 5.74) is 2.03. The fourth-order valence-electron chi connectivity index (χ4n) is 6.85. The van der Waals surface area contributed by atoms with Crippen molar-refractivity contribution in [1.82, 2.24) is 29.9 Å². The van der Waals surface area contributed by atoms with Gasteiger partial charge < -0.3 is 29.3 Å². The van der Waals surface area contributed by atoms with Gasteiger partial charge in [-0.1, -0.05) is 6.07 Å². The summed E-state index contributed by atoms with van der Waals surface area (Å²) in [6, 6.07) is 4.28. The maximum atomic E-state index is 13.8. The number of hydrogen-bond donors (Lipinski definition) is 1. The van der Waals surface area contributed by atoms with Crippen LogP contribution in [0, 0.1) is 11.8 Å². The third kappa shape index (κ3) is 6.32. The van der Waals surface area contributed by atoms with Crippen LogP contribution in [0.4, 0.5) is 0 Å². The zero-order valence-electron chi connectivity index (χ0n) is 25.1. The molecule has 1 N–H and O–H groups in total. The fourth-order valence-corrected chi connectivity index (χ4v) is 6.85. The van der Waals surface area contributed by atoms with E-state index in [1.165, 1.54) is 11.8 Å². The average Bonchev–Trinajstić information content (AvgIpc) is 3.37. The first-order chi connectivity index (χ1) is 20.3. The number of amides is 3. The lowest BCUT2D eigenvalue weighted by Gasteiger charge is -2.50. The van der Waals surface area contributed by atoms with E-state index < -0.39 is 0 Å². The predicted molar refractivity (Wildman–Crippen MR) is 154 cm³/mol. The van der Waals surface area contributed by atoms with Gasteiger partial charge in [-0.3, -0.25) is 14.4 Å². The van der Waals surface area contributed by atoms with Crippen molar-refractivity contribution in [3.8, 4) is 17.5 Å². The summed E-state index contributed by atoms with van der Waals surface area (Å²) in [6.45, 7) is 2.24. The summed E-state index contributed by atoms with van der Waals surface area (Å²) in [5.74, 6) is 1.65. The number of nitrogens with zero attached hydrogens (tertiary/aromatic N) is 5. The average molecular weight is 583 g/mol. The Morgan fingerprint density at radius 1 is 0.976 bits per heavy atom. The molecule has 0 spiro atoms. The van der Waals surface area contributed by atoms with Gasteiger partial charge in [-0.05, 0) is 67.6 Å². The van der Waals surface area contributed by atoms with Crippen molar-refractivity contribution in [2.24, 2.45) is 18.9 Å². The molecule has 3 aliphatic rings. The molecule has 2 aromatic rings. The number of carbonyl (C=O) groups excluding carboxylic acids is 3. The van der Waals surface area contributed by atoms with Crippen molar-refractivity contribution >= 4 is 17.7 Å². The van der Waals surface area contributed by atoms with Gasteiger partial charge in [0.1, 0.15) is 0 Å². The van der Waals surface area contributed by atoms with Gasteiger partial charge in [-0.2, -0.15) is 4.98 Å². The Balaban J connectivity index is 1.36. The van der Waals surface area contributed by atoms with Crippen molar-refractivity contribution in [3.63, 3.8) is 0 Å². The molecule has 1 aromatic carbocycles. The van der Waals surface area contributed by atoms with Crippen molar-refractivity contribution in [2.45, 2.75) is 57.4 Å². The van der Waals surface area contributed by atoms with Crippen LogP contribution >= 0.6 is 0 Å².